The van der Waals surface area contributed by atoms with Crippen LogP contribution in [0.5, 0.6) is 0 Å². The second-order valence-corrected chi connectivity index (χ2v) is 6.08. The van der Waals surface area contributed by atoms with Crippen molar-refractivity contribution in [2.75, 3.05) is 18.9 Å². The number of carbonyl (C=O) groups excluding carboxylic acids is 1. The fourth-order valence-corrected chi connectivity index (χ4v) is 2.86. The van der Waals surface area contributed by atoms with Gasteiger partial charge < -0.3 is 5.32 Å². The second-order valence-electron chi connectivity index (χ2n) is 6.08. The van der Waals surface area contributed by atoms with E-state index in [0.717, 1.165) is 30.6 Å². The van der Waals surface area contributed by atoms with Crippen LogP contribution in [0, 0.1) is 0 Å². The summed E-state index contributed by atoms with van der Waals surface area (Å²) in [6.07, 6.45) is 5.71. The van der Waals surface area contributed by atoms with Crippen molar-refractivity contribution in [3.8, 4) is 0 Å². The fraction of sp³-hybridized carbons (Fsp3) is 0.474. The first-order valence-electron chi connectivity index (χ1n) is 8.67. The highest BCUT2D eigenvalue weighted by molar-refractivity contribution is 5.93. The molecule has 5 heteroatoms. The molecule has 5 nitrogen and oxygen atoms in total. The fourth-order valence-electron chi connectivity index (χ4n) is 2.86. The molecule has 1 aromatic carbocycles. The van der Waals surface area contributed by atoms with Crippen molar-refractivity contribution >= 4 is 11.6 Å². The Balaban J connectivity index is 1.97. The molecule has 0 aliphatic heterocycles. The van der Waals surface area contributed by atoms with Crippen LogP contribution in [0.2, 0.25) is 0 Å². The average Bonchev–Trinajstić information content (AvgIpc) is 3.02. The number of likely N-dealkylation sites (N-methyl/N-ethyl adjacent to an activating group) is 1. The summed E-state index contributed by atoms with van der Waals surface area (Å²) in [5.74, 6) is 0.0241. The van der Waals surface area contributed by atoms with Gasteiger partial charge in [-0.15, -0.1) is 0 Å². The summed E-state index contributed by atoms with van der Waals surface area (Å²) < 4.78 is 1.90. The molecule has 1 heterocycles. The number of amides is 1. The van der Waals surface area contributed by atoms with Gasteiger partial charge in [-0.25, -0.2) is 0 Å². The van der Waals surface area contributed by atoms with Gasteiger partial charge in [0.1, 0.15) is 0 Å². The molecule has 0 atom stereocenters. The maximum Gasteiger partial charge on any atom is 0.238 e. The van der Waals surface area contributed by atoms with Gasteiger partial charge in [0.15, 0.2) is 0 Å². The third-order valence-corrected chi connectivity index (χ3v) is 4.14. The number of anilines is 1. The topological polar surface area (TPSA) is 50.2 Å². The third kappa shape index (κ3) is 4.68. The first kappa shape index (κ1) is 18.2. The number of aryl methyl sites for hydroxylation is 3. The van der Waals surface area contributed by atoms with Crippen molar-refractivity contribution in [1.29, 1.82) is 0 Å². The summed E-state index contributed by atoms with van der Waals surface area (Å²) in [5, 5.41) is 7.38. The molecule has 0 fully saturated rings. The van der Waals surface area contributed by atoms with E-state index in [1.165, 1.54) is 11.1 Å². The molecular weight excluding hydrogens is 300 g/mol. The Hall–Kier alpha value is -2.14. The lowest BCUT2D eigenvalue weighted by molar-refractivity contribution is -0.117. The lowest BCUT2D eigenvalue weighted by atomic mass is 10.0. The first-order valence-corrected chi connectivity index (χ1v) is 8.67. The third-order valence-electron chi connectivity index (χ3n) is 4.14. The van der Waals surface area contributed by atoms with E-state index in [9.17, 15) is 4.79 Å². The lowest BCUT2D eigenvalue weighted by Gasteiger charge is -2.18. The number of carbonyl (C=O) groups is 1. The summed E-state index contributed by atoms with van der Waals surface area (Å²) in [4.78, 5) is 14.4. The van der Waals surface area contributed by atoms with Gasteiger partial charge in [-0.3, -0.25) is 14.4 Å². The molecule has 2 rings (SSSR count). The minimum Gasteiger partial charge on any atom is -0.324 e. The Labute approximate surface area is 144 Å². The summed E-state index contributed by atoms with van der Waals surface area (Å²) in [6, 6.07) is 6.22. The highest BCUT2D eigenvalue weighted by Crippen LogP contribution is 2.22. The Kier molecular flexibility index (Phi) is 6.55. The van der Waals surface area contributed by atoms with Gasteiger partial charge in [0.2, 0.25) is 5.91 Å². The molecule has 0 bridgehead atoms. The normalized spacial score (nSPS) is 11.0. The zero-order valence-corrected chi connectivity index (χ0v) is 15.2. The summed E-state index contributed by atoms with van der Waals surface area (Å²) in [5.41, 5.74) is 4.49. The van der Waals surface area contributed by atoms with Crippen molar-refractivity contribution in [2.24, 2.45) is 0 Å². The number of benzene rings is 1. The van der Waals surface area contributed by atoms with E-state index in [4.69, 9.17) is 0 Å². The Morgan fingerprint density at radius 2 is 1.88 bits per heavy atom. The van der Waals surface area contributed by atoms with Crippen LogP contribution < -0.4 is 5.32 Å². The molecule has 1 amide bonds. The van der Waals surface area contributed by atoms with Crippen LogP contribution in [0.15, 0.2) is 30.6 Å². The number of hydrogen-bond donors (Lipinski definition) is 1. The van der Waals surface area contributed by atoms with Crippen LogP contribution in [-0.2, 0) is 30.7 Å². The molecule has 1 aromatic heterocycles. The molecule has 0 aliphatic rings. The minimum absolute atomic E-state index is 0.0241. The maximum atomic E-state index is 12.4. The van der Waals surface area contributed by atoms with Gasteiger partial charge in [0.25, 0.3) is 0 Å². The largest absolute Gasteiger partial charge is 0.324 e. The van der Waals surface area contributed by atoms with E-state index >= 15 is 0 Å². The van der Waals surface area contributed by atoms with Crippen LogP contribution in [0.3, 0.4) is 0 Å². The van der Waals surface area contributed by atoms with Gasteiger partial charge in [-0.05, 0) is 37.9 Å². The second kappa shape index (κ2) is 8.64. The smallest absolute Gasteiger partial charge is 0.238 e. The number of para-hydroxylation sites is 1. The van der Waals surface area contributed by atoms with Crippen molar-refractivity contribution < 1.29 is 4.79 Å². The lowest BCUT2D eigenvalue weighted by Crippen LogP contribution is -2.30. The van der Waals surface area contributed by atoms with Crippen molar-refractivity contribution in [2.45, 2.75) is 46.7 Å². The van der Waals surface area contributed by atoms with Crippen molar-refractivity contribution in [3.05, 3.63) is 47.3 Å². The van der Waals surface area contributed by atoms with E-state index in [0.29, 0.717) is 13.1 Å². The van der Waals surface area contributed by atoms with Gasteiger partial charge in [0, 0.05) is 30.5 Å². The van der Waals surface area contributed by atoms with E-state index < -0.39 is 0 Å². The predicted molar refractivity (Wildman–Crippen MR) is 98.1 cm³/mol. The number of hydrogen-bond acceptors (Lipinski definition) is 3. The highest BCUT2D eigenvalue weighted by Gasteiger charge is 2.12. The summed E-state index contributed by atoms with van der Waals surface area (Å²) >= 11 is 0. The molecule has 0 aliphatic carbocycles. The van der Waals surface area contributed by atoms with Crippen LogP contribution in [0.25, 0.3) is 0 Å². The van der Waals surface area contributed by atoms with Gasteiger partial charge in [-0.1, -0.05) is 32.0 Å². The number of aromatic nitrogens is 2. The molecule has 130 valence electrons. The molecule has 0 radical (unpaired) electrons. The molecule has 1 N–H and O–H groups in total. The Bertz CT molecular complexity index is 656. The van der Waals surface area contributed by atoms with E-state index in [1.54, 1.807) is 0 Å². The predicted octanol–water partition coefficient (Wildman–Crippen LogP) is 3.10. The summed E-state index contributed by atoms with van der Waals surface area (Å²) in [7, 11) is 1.95. The van der Waals surface area contributed by atoms with Crippen LogP contribution in [0.1, 0.15) is 37.5 Å². The van der Waals surface area contributed by atoms with Crippen LogP contribution >= 0.6 is 0 Å². The van der Waals surface area contributed by atoms with Gasteiger partial charge in [-0.2, -0.15) is 5.10 Å². The zero-order valence-electron chi connectivity index (χ0n) is 15.2. The zero-order chi connectivity index (χ0) is 17.5. The standard InChI is InChI=1S/C19H28N4O/c1-5-16-9-8-10-17(6-2)19(16)21-18(24)14-22(4)12-15-11-20-23(7-3)13-15/h8-11,13H,5-7,12,14H2,1-4H3,(H,21,24). The minimum atomic E-state index is 0.0241. The highest BCUT2D eigenvalue weighted by atomic mass is 16.2. The quantitative estimate of drug-likeness (QED) is 0.810. The molecule has 0 saturated carbocycles. The number of nitrogens with zero attached hydrogens (tertiary/aromatic N) is 3. The van der Waals surface area contributed by atoms with Crippen molar-refractivity contribution in [1.82, 2.24) is 14.7 Å². The van der Waals surface area contributed by atoms with E-state index in [1.807, 2.05) is 29.0 Å². The van der Waals surface area contributed by atoms with E-state index in [2.05, 4.69) is 49.4 Å². The Morgan fingerprint density at radius 1 is 1.21 bits per heavy atom. The van der Waals surface area contributed by atoms with Gasteiger partial charge >= 0.3 is 0 Å². The molecular formula is C19H28N4O. The summed E-state index contributed by atoms with van der Waals surface area (Å²) in [6.45, 7) is 8.22. The molecule has 0 spiro atoms. The van der Waals surface area contributed by atoms with Gasteiger partial charge in [0.05, 0.1) is 12.7 Å². The molecule has 24 heavy (non-hydrogen) atoms. The van der Waals surface area contributed by atoms with E-state index in [-0.39, 0.29) is 5.91 Å². The van der Waals surface area contributed by atoms with Crippen LogP contribution in [0.4, 0.5) is 5.69 Å². The number of rotatable bonds is 8. The SMILES string of the molecule is CCc1cccc(CC)c1NC(=O)CN(C)Cc1cnn(CC)c1. The molecule has 2 aromatic rings. The monoisotopic (exact) mass is 328 g/mol. The maximum absolute atomic E-state index is 12.4. The molecule has 0 saturated heterocycles. The van der Waals surface area contributed by atoms with Crippen molar-refractivity contribution in [3.63, 3.8) is 0 Å². The first-order chi connectivity index (χ1) is 11.6. The van der Waals surface area contributed by atoms with Crippen LogP contribution in [-0.4, -0.2) is 34.2 Å². The Morgan fingerprint density at radius 3 is 2.42 bits per heavy atom. The number of nitrogens with one attached hydrogen (secondary N) is 1. The molecule has 0 unspecified atom stereocenters. The average molecular weight is 328 g/mol.